The van der Waals surface area contributed by atoms with Gasteiger partial charge in [0.2, 0.25) is 5.76 Å². The van der Waals surface area contributed by atoms with Crippen molar-refractivity contribution >= 4 is 5.91 Å². The molecule has 1 aromatic rings. The molecule has 0 aliphatic carbocycles. The van der Waals surface area contributed by atoms with Crippen LogP contribution < -0.4 is 0 Å². The van der Waals surface area contributed by atoms with Crippen LogP contribution in [0.25, 0.3) is 0 Å². The Kier molecular flexibility index (Phi) is 4.84. The second-order valence-corrected chi connectivity index (χ2v) is 6.32. The Hall–Kier alpha value is -1.32. The van der Waals surface area contributed by atoms with E-state index in [1.165, 1.54) is 12.8 Å². The van der Waals surface area contributed by atoms with Crippen molar-refractivity contribution < 1.29 is 9.21 Å². The number of aryl methyl sites for hydroxylation is 1. The Morgan fingerprint density at radius 1 is 1.40 bits per heavy atom. The number of nitrogens with zero attached hydrogens (tertiary/aromatic N) is 2. The molecule has 112 valence electrons. The van der Waals surface area contributed by atoms with E-state index in [1.54, 1.807) is 0 Å². The van der Waals surface area contributed by atoms with Gasteiger partial charge in [-0.15, -0.1) is 0 Å². The largest absolute Gasteiger partial charge is 0.435 e. The fourth-order valence-electron chi connectivity index (χ4n) is 2.79. The van der Waals surface area contributed by atoms with Gasteiger partial charge < -0.3 is 9.32 Å². The average molecular weight is 278 g/mol. The summed E-state index contributed by atoms with van der Waals surface area (Å²) in [5.41, 5.74) is 0.724. The molecule has 1 fully saturated rings. The lowest BCUT2D eigenvalue weighted by Crippen LogP contribution is -2.38. The predicted octanol–water partition coefficient (Wildman–Crippen LogP) is 3.59. The molecule has 1 aliphatic heterocycles. The van der Waals surface area contributed by atoms with Gasteiger partial charge in [-0.2, -0.15) is 0 Å². The molecule has 0 spiro atoms. The maximum absolute atomic E-state index is 12.7. The summed E-state index contributed by atoms with van der Waals surface area (Å²) >= 11 is 0. The topological polar surface area (TPSA) is 46.3 Å². The molecule has 0 bridgehead atoms. The van der Waals surface area contributed by atoms with E-state index >= 15 is 0 Å². The van der Waals surface area contributed by atoms with Crippen LogP contribution in [0.15, 0.2) is 4.42 Å². The van der Waals surface area contributed by atoms with E-state index in [0.29, 0.717) is 23.6 Å². The minimum atomic E-state index is 0.0133. The lowest BCUT2D eigenvalue weighted by atomic mass is 10.1. The van der Waals surface area contributed by atoms with Crippen molar-refractivity contribution in [3.8, 4) is 0 Å². The summed E-state index contributed by atoms with van der Waals surface area (Å²) in [6, 6.07) is 0.294. The Labute approximate surface area is 121 Å². The van der Waals surface area contributed by atoms with Crippen LogP contribution in [0.5, 0.6) is 0 Å². The summed E-state index contributed by atoms with van der Waals surface area (Å²) in [5.74, 6) is 1.62. The minimum absolute atomic E-state index is 0.0133. The minimum Gasteiger partial charge on any atom is -0.435 e. The first kappa shape index (κ1) is 15.1. The van der Waals surface area contributed by atoms with Crippen molar-refractivity contribution in [3.05, 3.63) is 17.3 Å². The van der Waals surface area contributed by atoms with Crippen LogP contribution >= 0.6 is 0 Å². The lowest BCUT2D eigenvalue weighted by molar-refractivity contribution is 0.0662. The number of amides is 1. The fraction of sp³-hybridized carbons (Fsp3) is 0.750. The monoisotopic (exact) mass is 278 g/mol. The second-order valence-electron chi connectivity index (χ2n) is 6.32. The normalized spacial score (nSPS) is 20.2. The van der Waals surface area contributed by atoms with Crippen LogP contribution in [0.2, 0.25) is 0 Å². The number of carbonyl (C=O) groups is 1. The highest BCUT2D eigenvalue weighted by molar-refractivity contribution is 5.92. The second kappa shape index (κ2) is 6.42. The Morgan fingerprint density at radius 3 is 2.85 bits per heavy atom. The van der Waals surface area contributed by atoms with Crippen LogP contribution in [0.4, 0.5) is 0 Å². The number of hydrogen-bond acceptors (Lipinski definition) is 3. The van der Waals surface area contributed by atoms with Crippen molar-refractivity contribution in [3.63, 3.8) is 0 Å². The summed E-state index contributed by atoms with van der Waals surface area (Å²) in [6.45, 7) is 9.07. The number of aromatic nitrogens is 1. The zero-order valence-electron chi connectivity index (χ0n) is 13.1. The van der Waals surface area contributed by atoms with E-state index < -0.39 is 0 Å². The van der Waals surface area contributed by atoms with Gasteiger partial charge in [0.25, 0.3) is 5.91 Å². The summed E-state index contributed by atoms with van der Waals surface area (Å²) in [7, 11) is 0. The Morgan fingerprint density at radius 2 is 2.15 bits per heavy atom. The first-order valence-corrected chi connectivity index (χ1v) is 7.76. The third-order valence-electron chi connectivity index (χ3n) is 3.93. The number of hydrogen-bond donors (Lipinski definition) is 0. The maximum atomic E-state index is 12.7. The molecule has 1 amide bonds. The quantitative estimate of drug-likeness (QED) is 0.849. The number of rotatable bonds is 3. The van der Waals surface area contributed by atoms with Gasteiger partial charge in [-0.25, -0.2) is 4.98 Å². The van der Waals surface area contributed by atoms with Gasteiger partial charge in [0.05, 0.1) is 5.69 Å². The molecule has 0 unspecified atom stereocenters. The Balaban J connectivity index is 2.17. The highest BCUT2D eigenvalue weighted by atomic mass is 16.4. The maximum Gasteiger partial charge on any atom is 0.291 e. The van der Waals surface area contributed by atoms with E-state index in [0.717, 1.165) is 31.5 Å². The first-order valence-electron chi connectivity index (χ1n) is 7.76. The third-order valence-corrected chi connectivity index (χ3v) is 3.93. The van der Waals surface area contributed by atoms with Crippen molar-refractivity contribution in [1.29, 1.82) is 0 Å². The SMILES string of the molecule is Cc1nc(CC(C)C)oc1C(=O)N1CCCCC[C@H]1C. The van der Waals surface area contributed by atoms with Crippen LogP contribution in [0.3, 0.4) is 0 Å². The standard InChI is InChI=1S/C16H26N2O2/c1-11(2)10-14-17-13(4)15(20-14)16(19)18-9-7-5-6-8-12(18)3/h11-12H,5-10H2,1-4H3/t12-/m1/s1. The van der Waals surface area contributed by atoms with Gasteiger partial charge >= 0.3 is 0 Å². The van der Waals surface area contributed by atoms with E-state index in [4.69, 9.17) is 4.42 Å². The molecule has 4 heteroatoms. The molecule has 4 nitrogen and oxygen atoms in total. The highest BCUT2D eigenvalue weighted by Crippen LogP contribution is 2.21. The number of oxazole rings is 1. The van der Waals surface area contributed by atoms with Gasteiger partial charge in [0.15, 0.2) is 5.89 Å². The van der Waals surface area contributed by atoms with Crippen LogP contribution in [0, 0.1) is 12.8 Å². The van der Waals surface area contributed by atoms with Crippen LogP contribution in [0.1, 0.15) is 68.6 Å². The molecular formula is C16H26N2O2. The summed E-state index contributed by atoms with van der Waals surface area (Å²) in [4.78, 5) is 19.0. The highest BCUT2D eigenvalue weighted by Gasteiger charge is 2.27. The molecule has 1 atom stereocenters. The lowest BCUT2D eigenvalue weighted by Gasteiger charge is -2.26. The van der Waals surface area contributed by atoms with Crippen molar-refractivity contribution in [2.24, 2.45) is 5.92 Å². The van der Waals surface area contributed by atoms with Gasteiger partial charge in [0, 0.05) is 19.0 Å². The average Bonchev–Trinajstić information content (AvgIpc) is 2.58. The molecule has 0 N–H and O–H groups in total. The van der Waals surface area contributed by atoms with Gasteiger partial charge in [-0.3, -0.25) is 4.79 Å². The number of likely N-dealkylation sites (tertiary alicyclic amines) is 1. The van der Waals surface area contributed by atoms with E-state index in [-0.39, 0.29) is 5.91 Å². The van der Waals surface area contributed by atoms with Crippen LogP contribution in [-0.2, 0) is 6.42 Å². The summed E-state index contributed by atoms with van der Waals surface area (Å²) < 4.78 is 5.73. The third kappa shape index (κ3) is 3.41. The van der Waals surface area contributed by atoms with E-state index in [1.807, 2.05) is 11.8 Å². The number of carbonyl (C=O) groups excluding carboxylic acids is 1. The van der Waals surface area contributed by atoms with Gasteiger partial charge in [0.1, 0.15) is 0 Å². The molecule has 2 rings (SSSR count). The fourth-order valence-corrected chi connectivity index (χ4v) is 2.79. The molecule has 1 aliphatic rings. The molecule has 0 saturated carbocycles. The molecule has 2 heterocycles. The zero-order valence-corrected chi connectivity index (χ0v) is 13.1. The first-order chi connectivity index (χ1) is 9.49. The van der Waals surface area contributed by atoms with E-state index in [9.17, 15) is 4.79 Å². The van der Waals surface area contributed by atoms with Gasteiger partial charge in [-0.1, -0.05) is 26.7 Å². The molecule has 20 heavy (non-hydrogen) atoms. The predicted molar refractivity (Wildman–Crippen MR) is 78.7 cm³/mol. The Bertz CT molecular complexity index is 465. The van der Waals surface area contributed by atoms with Crippen LogP contribution in [-0.4, -0.2) is 28.4 Å². The van der Waals surface area contributed by atoms with Crippen molar-refractivity contribution in [2.45, 2.75) is 65.8 Å². The molecule has 0 aromatic carbocycles. The molecule has 0 radical (unpaired) electrons. The van der Waals surface area contributed by atoms with Gasteiger partial charge in [-0.05, 0) is 32.6 Å². The summed E-state index contributed by atoms with van der Waals surface area (Å²) in [6.07, 6.45) is 5.37. The van der Waals surface area contributed by atoms with Crippen molar-refractivity contribution in [1.82, 2.24) is 9.88 Å². The molecule has 1 saturated heterocycles. The van der Waals surface area contributed by atoms with Crippen molar-refractivity contribution in [2.75, 3.05) is 6.54 Å². The summed E-state index contributed by atoms with van der Waals surface area (Å²) in [5, 5.41) is 0. The zero-order chi connectivity index (χ0) is 14.7. The molecular weight excluding hydrogens is 252 g/mol. The smallest absolute Gasteiger partial charge is 0.291 e. The molecule has 1 aromatic heterocycles. The van der Waals surface area contributed by atoms with E-state index in [2.05, 4.69) is 25.8 Å².